The van der Waals surface area contributed by atoms with E-state index >= 15 is 0 Å². The number of rotatable bonds is 6. The molecule has 9 nitrogen and oxygen atoms in total. The number of halogens is 1. The van der Waals surface area contributed by atoms with Gasteiger partial charge >= 0.3 is 6.03 Å². The van der Waals surface area contributed by atoms with Crippen molar-refractivity contribution in [3.63, 3.8) is 0 Å². The Morgan fingerprint density at radius 1 is 1.06 bits per heavy atom. The van der Waals surface area contributed by atoms with E-state index in [-0.39, 0.29) is 24.7 Å². The third-order valence-electron chi connectivity index (χ3n) is 6.03. The van der Waals surface area contributed by atoms with Crippen LogP contribution in [0, 0.1) is 5.82 Å². The van der Waals surface area contributed by atoms with Crippen molar-refractivity contribution in [2.24, 2.45) is 0 Å². The van der Waals surface area contributed by atoms with Crippen LogP contribution in [0.2, 0.25) is 0 Å². The number of methoxy groups -OCH3 is 1. The number of carbonyl (C=O) groups excluding carboxylic acids is 2. The van der Waals surface area contributed by atoms with Gasteiger partial charge in [0, 0.05) is 26.2 Å². The largest absolute Gasteiger partial charge is 0.497 e. The van der Waals surface area contributed by atoms with Crippen molar-refractivity contribution in [2.45, 2.75) is 17.4 Å². The first-order chi connectivity index (χ1) is 15.6. The van der Waals surface area contributed by atoms with Crippen molar-refractivity contribution in [1.82, 2.24) is 19.4 Å². The summed E-state index contributed by atoms with van der Waals surface area (Å²) in [5, 5.41) is 2.76. The molecule has 1 N–H and O–H groups in total. The summed E-state index contributed by atoms with van der Waals surface area (Å²) in [5.41, 5.74) is -0.623. The molecule has 11 heteroatoms. The van der Waals surface area contributed by atoms with E-state index in [1.165, 1.54) is 29.6 Å². The van der Waals surface area contributed by atoms with Crippen LogP contribution in [-0.4, -0.2) is 74.4 Å². The van der Waals surface area contributed by atoms with E-state index < -0.39 is 33.3 Å². The van der Waals surface area contributed by atoms with E-state index in [1.54, 1.807) is 31.2 Å². The molecule has 0 aromatic heterocycles. The van der Waals surface area contributed by atoms with Crippen molar-refractivity contribution < 1.29 is 27.1 Å². The SMILES string of the molecule is COc1cccc([C@@]2(C)NC(=O)N(CN3CCN(S(=O)(=O)c4cccc(F)c4)CC3)C2=O)c1. The monoisotopic (exact) mass is 476 g/mol. The van der Waals surface area contributed by atoms with Crippen molar-refractivity contribution in [2.75, 3.05) is 40.0 Å². The van der Waals surface area contributed by atoms with Gasteiger partial charge in [0.05, 0.1) is 18.7 Å². The van der Waals surface area contributed by atoms with Crippen molar-refractivity contribution in [1.29, 1.82) is 0 Å². The third kappa shape index (κ3) is 4.31. The average Bonchev–Trinajstić information content (AvgIpc) is 3.03. The molecule has 0 unspecified atom stereocenters. The fourth-order valence-corrected chi connectivity index (χ4v) is 5.50. The first-order valence-electron chi connectivity index (χ1n) is 10.4. The zero-order chi connectivity index (χ0) is 23.8. The number of sulfonamides is 1. The summed E-state index contributed by atoms with van der Waals surface area (Å²) in [5.74, 6) is -0.437. The number of imide groups is 1. The van der Waals surface area contributed by atoms with Crippen LogP contribution in [0.4, 0.5) is 9.18 Å². The van der Waals surface area contributed by atoms with Gasteiger partial charge in [0.1, 0.15) is 17.1 Å². The molecule has 2 saturated heterocycles. The van der Waals surface area contributed by atoms with Crippen LogP contribution in [0.25, 0.3) is 0 Å². The molecule has 1 atom stereocenters. The van der Waals surface area contributed by atoms with Crippen LogP contribution in [0.15, 0.2) is 53.4 Å². The Bertz CT molecular complexity index is 1180. The molecule has 4 rings (SSSR count). The molecular weight excluding hydrogens is 451 g/mol. The normalized spacial score (nSPS) is 22.5. The van der Waals surface area contributed by atoms with E-state index in [0.29, 0.717) is 24.4 Å². The van der Waals surface area contributed by atoms with Crippen molar-refractivity contribution in [3.8, 4) is 5.75 Å². The van der Waals surface area contributed by atoms with Crippen LogP contribution in [-0.2, 0) is 20.4 Å². The summed E-state index contributed by atoms with van der Waals surface area (Å²) in [4.78, 5) is 28.7. The Morgan fingerprint density at radius 2 is 1.76 bits per heavy atom. The molecule has 2 fully saturated rings. The predicted octanol–water partition coefficient (Wildman–Crippen LogP) is 1.57. The summed E-state index contributed by atoms with van der Waals surface area (Å²) in [6.07, 6.45) is 0. The maximum absolute atomic E-state index is 13.5. The van der Waals surface area contributed by atoms with Crippen LogP contribution < -0.4 is 10.1 Å². The highest BCUT2D eigenvalue weighted by Crippen LogP contribution is 2.31. The molecule has 0 saturated carbocycles. The molecule has 2 aromatic rings. The Morgan fingerprint density at radius 3 is 2.42 bits per heavy atom. The molecule has 2 aliphatic heterocycles. The lowest BCUT2D eigenvalue weighted by atomic mass is 9.92. The van der Waals surface area contributed by atoms with E-state index in [1.807, 2.05) is 4.90 Å². The van der Waals surface area contributed by atoms with Gasteiger partial charge in [0.25, 0.3) is 5.91 Å². The maximum atomic E-state index is 13.5. The van der Waals surface area contributed by atoms with Crippen LogP contribution in [0.5, 0.6) is 5.75 Å². The minimum atomic E-state index is -3.82. The molecule has 0 radical (unpaired) electrons. The minimum absolute atomic E-state index is 0.0398. The number of urea groups is 1. The summed E-state index contributed by atoms with van der Waals surface area (Å²) in [7, 11) is -2.30. The number of amides is 3. The zero-order valence-electron chi connectivity index (χ0n) is 18.3. The predicted molar refractivity (Wildman–Crippen MR) is 117 cm³/mol. The molecule has 176 valence electrons. The maximum Gasteiger partial charge on any atom is 0.326 e. The second kappa shape index (κ2) is 8.73. The van der Waals surface area contributed by atoms with E-state index in [0.717, 1.165) is 11.0 Å². The number of nitrogens with one attached hydrogen (secondary N) is 1. The fourth-order valence-electron chi connectivity index (χ4n) is 4.04. The molecule has 0 spiro atoms. The van der Waals surface area contributed by atoms with Crippen LogP contribution >= 0.6 is 0 Å². The van der Waals surface area contributed by atoms with Gasteiger partial charge < -0.3 is 10.1 Å². The molecule has 0 bridgehead atoms. The van der Waals surface area contributed by atoms with Crippen LogP contribution in [0.1, 0.15) is 12.5 Å². The second-order valence-electron chi connectivity index (χ2n) is 8.14. The highest BCUT2D eigenvalue weighted by molar-refractivity contribution is 7.89. The molecule has 33 heavy (non-hydrogen) atoms. The lowest BCUT2D eigenvalue weighted by molar-refractivity contribution is -0.132. The third-order valence-corrected chi connectivity index (χ3v) is 7.92. The Hall–Kier alpha value is -3.02. The number of benzene rings is 2. The lowest BCUT2D eigenvalue weighted by Crippen LogP contribution is -2.52. The van der Waals surface area contributed by atoms with Gasteiger partial charge in [-0.3, -0.25) is 9.69 Å². The first kappa shape index (κ1) is 23.1. The van der Waals surface area contributed by atoms with Crippen molar-refractivity contribution in [3.05, 3.63) is 59.9 Å². The van der Waals surface area contributed by atoms with E-state index in [4.69, 9.17) is 4.74 Å². The number of hydrogen-bond donors (Lipinski definition) is 1. The minimum Gasteiger partial charge on any atom is -0.497 e. The Balaban J connectivity index is 1.42. The van der Waals surface area contributed by atoms with Gasteiger partial charge in [0.2, 0.25) is 10.0 Å². The van der Waals surface area contributed by atoms with Gasteiger partial charge in [-0.05, 0) is 42.8 Å². The highest BCUT2D eigenvalue weighted by Gasteiger charge is 2.49. The van der Waals surface area contributed by atoms with Gasteiger partial charge in [-0.25, -0.2) is 22.5 Å². The van der Waals surface area contributed by atoms with Crippen LogP contribution in [0.3, 0.4) is 0 Å². The molecule has 0 aliphatic carbocycles. The second-order valence-corrected chi connectivity index (χ2v) is 10.1. The topological polar surface area (TPSA) is 99.3 Å². The number of nitrogens with zero attached hydrogens (tertiary/aromatic N) is 3. The molecule has 2 aliphatic rings. The number of carbonyl (C=O) groups is 2. The van der Waals surface area contributed by atoms with Gasteiger partial charge in [-0.2, -0.15) is 4.31 Å². The zero-order valence-corrected chi connectivity index (χ0v) is 19.1. The standard InChI is InChI=1S/C22H25FN4O5S/c1-22(16-5-3-7-18(13-16)32-2)20(28)27(21(29)24-22)15-25-9-11-26(12-10-25)33(30,31)19-8-4-6-17(23)14-19/h3-8,13-14H,9-12,15H2,1-2H3,(H,24,29)/t22-/m1/s1. The average molecular weight is 477 g/mol. The molecular formula is C22H25FN4O5S. The quantitative estimate of drug-likeness (QED) is 0.636. The van der Waals surface area contributed by atoms with Gasteiger partial charge in [0.15, 0.2) is 0 Å². The summed E-state index contributed by atoms with van der Waals surface area (Å²) in [6.45, 7) is 2.65. The fraction of sp³-hybridized carbons (Fsp3) is 0.364. The summed E-state index contributed by atoms with van der Waals surface area (Å²) < 4.78 is 45.6. The summed E-state index contributed by atoms with van der Waals surface area (Å²) >= 11 is 0. The van der Waals surface area contributed by atoms with Gasteiger partial charge in [-0.15, -0.1) is 0 Å². The number of ether oxygens (including phenoxy) is 1. The van der Waals surface area contributed by atoms with Crippen molar-refractivity contribution >= 4 is 22.0 Å². The van der Waals surface area contributed by atoms with E-state index in [2.05, 4.69) is 5.32 Å². The molecule has 2 aromatic carbocycles. The van der Waals surface area contributed by atoms with E-state index in [9.17, 15) is 22.4 Å². The Kier molecular flexibility index (Phi) is 6.12. The number of hydrogen-bond acceptors (Lipinski definition) is 6. The molecule has 2 heterocycles. The van der Waals surface area contributed by atoms with Gasteiger partial charge in [-0.1, -0.05) is 18.2 Å². The lowest BCUT2D eigenvalue weighted by Gasteiger charge is -2.35. The Labute approximate surface area is 191 Å². The highest BCUT2D eigenvalue weighted by atomic mass is 32.2. The number of piperazine rings is 1. The first-order valence-corrected chi connectivity index (χ1v) is 11.9. The molecule has 3 amide bonds. The summed E-state index contributed by atoms with van der Waals surface area (Å²) in [6, 6.07) is 11.3. The smallest absolute Gasteiger partial charge is 0.326 e.